The van der Waals surface area contributed by atoms with Gasteiger partial charge < -0.3 is 10.2 Å². The molecule has 3 atom stereocenters. The summed E-state index contributed by atoms with van der Waals surface area (Å²) >= 11 is 0. The molecule has 2 aliphatic heterocycles. The Kier molecular flexibility index (Phi) is 5.46. The molecule has 3 heterocycles. The van der Waals surface area contributed by atoms with E-state index in [-0.39, 0.29) is 11.0 Å². The van der Waals surface area contributed by atoms with Crippen LogP contribution in [0.2, 0.25) is 0 Å². The molecule has 0 bridgehead atoms. The third-order valence-electron chi connectivity index (χ3n) is 7.70. The summed E-state index contributed by atoms with van der Waals surface area (Å²) in [5.74, 6) is 0.526. The summed E-state index contributed by atoms with van der Waals surface area (Å²) in [7, 11) is 2.34. The van der Waals surface area contributed by atoms with E-state index in [9.17, 15) is 0 Å². The van der Waals surface area contributed by atoms with Gasteiger partial charge in [-0.25, -0.2) is 0 Å². The number of aromatic nitrogens is 1. The van der Waals surface area contributed by atoms with Crippen LogP contribution < -0.4 is 5.32 Å². The third-order valence-corrected chi connectivity index (χ3v) is 7.70. The normalized spacial score (nSPS) is 28.9. The van der Waals surface area contributed by atoms with Crippen LogP contribution in [0.1, 0.15) is 65.4 Å². The van der Waals surface area contributed by atoms with Crippen LogP contribution in [0.3, 0.4) is 0 Å². The molecule has 3 nitrogen and oxygen atoms in total. The van der Waals surface area contributed by atoms with Gasteiger partial charge in [0, 0.05) is 37.6 Å². The minimum Gasteiger partial charge on any atom is -0.368 e. The summed E-state index contributed by atoms with van der Waals surface area (Å²) in [5, 5.41) is 3.76. The van der Waals surface area contributed by atoms with Gasteiger partial charge in [0.25, 0.3) is 0 Å². The number of hydrogen-bond acceptors (Lipinski definition) is 3. The number of pyridine rings is 1. The van der Waals surface area contributed by atoms with Gasteiger partial charge >= 0.3 is 0 Å². The first kappa shape index (κ1) is 20.4. The first-order valence-electron chi connectivity index (χ1n) is 11.4. The molecule has 156 valence electrons. The molecule has 0 amide bonds. The second-order valence-corrected chi connectivity index (χ2v) is 9.81. The number of nitrogens with zero attached hydrogens (tertiary/aromatic N) is 2. The first-order valence-corrected chi connectivity index (χ1v) is 11.4. The van der Waals surface area contributed by atoms with Crippen molar-refractivity contribution in [3.8, 4) is 0 Å². The lowest BCUT2D eigenvalue weighted by atomic mass is 9.72. The minimum atomic E-state index is 0.120. The van der Waals surface area contributed by atoms with Gasteiger partial charge in [-0.05, 0) is 74.3 Å². The molecule has 3 unspecified atom stereocenters. The Morgan fingerprint density at radius 1 is 1.38 bits per heavy atom. The second-order valence-electron chi connectivity index (χ2n) is 9.81. The molecule has 29 heavy (non-hydrogen) atoms. The SMILES string of the molecule is CCCC(C)(CC1CNCCC2=C1N(C)C1(C)CC=C(C)C=C21)c1cccnc1. The maximum absolute atomic E-state index is 4.45. The van der Waals surface area contributed by atoms with Crippen molar-refractivity contribution in [3.05, 3.63) is 64.7 Å². The average Bonchev–Trinajstić information content (AvgIpc) is 2.84. The fraction of sp³-hybridized carbons (Fsp3) is 0.577. The van der Waals surface area contributed by atoms with Crippen molar-refractivity contribution in [3.63, 3.8) is 0 Å². The number of allylic oxidation sites excluding steroid dienone is 2. The van der Waals surface area contributed by atoms with Crippen molar-refractivity contribution in [1.29, 1.82) is 0 Å². The van der Waals surface area contributed by atoms with Crippen LogP contribution in [0.5, 0.6) is 0 Å². The zero-order valence-corrected chi connectivity index (χ0v) is 18.9. The van der Waals surface area contributed by atoms with E-state index in [0.717, 1.165) is 25.9 Å². The predicted octanol–water partition coefficient (Wildman–Crippen LogP) is 5.37. The Labute approximate surface area is 177 Å². The summed E-state index contributed by atoms with van der Waals surface area (Å²) in [6, 6.07) is 4.37. The smallest absolute Gasteiger partial charge is 0.0657 e. The molecule has 1 N–H and O–H groups in total. The predicted molar refractivity (Wildman–Crippen MR) is 122 cm³/mol. The molecule has 0 aromatic carbocycles. The van der Waals surface area contributed by atoms with Crippen LogP contribution in [-0.4, -0.2) is 35.6 Å². The highest BCUT2D eigenvalue weighted by molar-refractivity contribution is 5.55. The molecule has 0 saturated carbocycles. The molecule has 1 aliphatic carbocycles. The van der Waals surface area contributed by atoms with E-state index in [1.165, 1.54) is 30.4 Å². The number of nitrogens with one attached hydrogen (secondary N) is 1. The number of rotatable bonds is 5. The Morgan fingerprint density at radius 3 is 2.93 bits per heavy atom. The first-order chi connectivity index (χ1) is 13.9. The molecule has 0 saturated heterocycles. The lowest BCUT2D eigenvalue weighted by molar-refractivity contribution is 0.206. The van der Waals surface area contributed by atoms with E-state index in [1.807, 2.05) is 6.20 Å². The van der Waals surface area contributed by atoms with Crippen molar-refractivity contribution in [2.24, 2.45) is 5.92 Å². The largest absolute Gasteiger partial charge is 0.368 e. The van der Waals surface area contributed by atoms with Crippen molar-refractivity contribution in [2.75, 3.05) is 20.1 Å². The van der Waals surface area contributed by atoms with Crippen molar-refractivity contribution < 1.29 is 0 Å². The molecule has 0 radical (unpaired) electrons. The molecule has 3 heteroatoms. The lowest BCUT2D eigenvalue weighted by Gasteiger charge is -2.42. The number of fused-ring (bicyclic) bond motifs is 2. The van der Waals surface area contributed by atoms with E-state index < -0.39 is 0 Å². The van der Waals surface area contributed by atoms with Crippen LogP contribution in [0.4, 0.5) is 0 Å². The van der Waals surface area contributed by atoms with E-state index in [0.29, 0.717) is 5.92 Å². The molecule has 1 aromatic heterocycles. The van der Waals surface area contributed by atoms with Gasteiger partial charge in [0.2, 0.25) is 0 Å². The fourth-order valence-corrected chi connectivity index (χ4v) is 5.97. The molecule has 0 fully saturated rings. The Hall–Kier alpha value is -1.87. The van der Waals surface area contributed by atoms with Crippen LogP contribution in [0.25, 0.3) is 0 Å². The summed E-state index contributed by atoms with van der Waals surface area (Å²) in [5.41, 5.74) is 7.85. The molecular formula is C26H37N3. The van der Waals surface area contributed by atoms with E-state index in [2.05, 4.69) is 80.4 Å². The maximum atomic E-state index is 4.45. The highest BCUT2D eigenvalue weighted by Crippen LogP contribution is 2.51. The molecular weight excluding hydrogens is 354 g/mol. The van der Waals surface area contributed by atoms with Gasteiger partial charge in [0.05, 0.1) is 5.54 Å². The van der Waals surface area contributed by atoms with Crippen LogP contribution in [-0.2, 0) is 5.41 Å². The van der Waals surface area contributed by atoms with Crippen molar-refractivity contribution in [1.82, 2.24) is 15.2 Å². The van der Waals surface area contributed by atoms with Crippen LogP contribution >= 0.6 is 0 Å². The van der Waals surface area contributed by atoms with Crippen molar-refractivity contribution >= 4 is 0 Å². The lowest BCUT2D eigenvalue weighted by Crippen LogP contribution is -2.44. The molecule has 0 spiro atoms. The van der Waals surface area contributed by atoms with Crippen LogP contribution in [0, 0.1) is 5.92 Å². The Morgan fingerprint density at radius 2 is 2.21 bits per heavy atom. The summed E-state index contributed by atoms with van der Waals surface area (Å²) in [6.45, 7) is 11.6. The maximum Gasteiger partial charge on any atom is 0.0657 e. The average molecular weight is 392 g/mol. The fourth-order valence-electron chi connectivity index (χ4n) is 5.97. The Balaban J connectivity index is 1.74. The second kappa shape index (κ2) is 7.75. The zero-order chi connectivity index (χ0) is 20.6. The van der Waals surface area contributed by atoms with E-state index in [1.54, 1.807) is 16.8 Å². The molecule has 1 aromatic rings. The molecule has 4 rings (SSSR count). The topological polar surface area (TPSA) is 28.2 Å². The highest BCUT2D eigenvalue weighted by atomic mass is 15.2. The number of likely N-dealkylation sites (N-methyl/N-ethyl adjacent to an activating group) is 1. The third kappa shape index (κ3) is 3.48. The summed E-state index contributed by atoms with van der Waals surface area (Å²) in [6.07, 6.45) is 14.7. The monoisotopic (exact) mass is 391 g/mol. The van der Waals surface area contributed by atoms with E-state index >= 15 is 0 Å². The summed E-state index contributed by atoms with van der Waals surface area (Å²) < 4.78 is 0. The molecule has 3 aliphatic rings. The summed E-state index contributed by atoms with van der Waals surface area (Å²) in [4.78, 5) is 7.08. The van der Waals surface area contributed by atoms with Gasteiger partial charge in [-0.1, -0.05) is 44.1 Å². The van der Waals surface area contributed by atoms with Crippen LogP contribution in [0.15, 0.2) is 59.1 Å². The van der Waals surface area contributed by atoms with Crippen molar-refractivity contribution in [2.45, 2.75) is 70.8 Å². The Bertz CT molecular complexity index is 850. The van der Waals surface area contributed by atoms with Gasteiger partial charge in [0.15, 0.2) is 0 Å². The van der Waals surface area contributed by atoms with Gasteiger partial charge in [-0.2, -0.15) is 0 Å². The van der Waals surface area contributed by atoms with Gasteiger partial charge in [-0.3, -0.25) is 4.98 Å². The standard InChI is InChI=1S/C26H37N3/c1-6-11-25(3,21-8-7-13-27-18-21)16-20-17-28-14-10-22-23-15-19(2)9-12-26(23,4)29(5)24(20)22/h7-9,13,15,18,20,28H,6,10-12,14,16-17H2,1-5H3. The van der Waals surface area contributed by atoms with Gasteiger partial charge in [0.1, 0.15) is 0 Å². The highest BCUT2D eigenvalue weighted by Gasteiger charge is 2.47. The minimum absolute atomic E-state index is 0.120. The zero-order valence-electron chi connectivity index (χ0n) is 18.9. The van der Waals surface area contributed by atoms with E-state index in [4.69, 9.17) is 0 Å². The quantitative estimate of drug-likeness (QED) is 0.731. The number of hydrogen-bond donors (Lipinski definition) is 1. The van der Waals surface area contributed by atoms with Gasteiger partial charge in [-0.15, -0.1) is 0 Å².